The molecule has 1 aromatic heterocycles. The SMILES string of the molecule is O=C(c1ccco1)C1NC1c1ccc(F)cc1. The van der Waals surface area contributed by atoms with Gasteiger partial charge in [0.2, 0.25) is 5.78 Å². The van der Waals surface area contributed by atoms with Gasteiger partial charge in [0, 0.05) is 0 Å². The van der Waals surface area contributed by atoms with Crippen LogP contribution < -0.4 is 5.32 Å². The van der Waals surface area contributed by atoms with Crippen LogP contribution in [-0.2, 0) is 0 Å². The Balaban J connectivity index is 1.74. The highest BCUT2D eigenvalue weighted by atomic mass is 19.1. The molecule has 4 heteroatoms. The number of Topliss-reactive ketones (excluding diaryl/α,β-unsaturated/α-hetero) is 1. The third-order valence-electron chi connectivity index (χ3n) is 2.86. The van der Waals surface area contributed by atoms with Crippen molar-refractivity contribution in [1.82, 2.24) is 5.32 Å². The highest BCUT2D eigenvalue weighted by Crippen LogP contribution is 2.32. The average Bonchev–Trinajstić information content (AvgIpc) is 2.94. The van der Waals surface area contributed by atoms with Crippen molar-refractivity contribution in [3.63, 3.8) is 0 Å². The monoisotopic (exact) mass is 231 g/mol. The highest BCUT2D eigenvalue weighted by molar-refractivity contribution is 6.00. The minimum absolute atomic E-state index is 0.0341. The lowest BCUT2D eigenvalue weighted by molar-refractivity contribution is 0.0961. The normalized spacial score (nSPS) is 22.4. The fourth-order valence-electron chi connectivity index (χ4n) is 1.90. The van der Waals surface area contributed by atoms with Crippen LogP contribution >= 0.6 is 0 Å². The van der Waals surface area contributed by atoms with E-state index in [9.17, 15) is 9.18 Å². The van der Waals surface area contributed by atoms with Crippen LogP contribution in [0.2, 0.25) is 0 Å². The summed E-state index contributed by atoms with van der Waals surface area (Å²) in [5.41, 5.74) is 0.913. The van der Waals surface area contributed by atoms with Gasteiger partial charge in [-0.2, -0.15) is 0 Å². The van der Waals surface area contributed by atoms with Gasteiger partial charge in [0.15, 0.2) is 5.76 Å². The van der Waals surface area contributed by atoms with Gasteiger partial charge in [-0.1, -0.05) is 12.1 Å². The van der Waals surface area contributed by atoms with Gasteiger partial charge >= 0.3 is 0 Å². The van der Waals surface area contributed by atoms with Crippen LogP contribution in [0.1, 0.15) is 22.2 Å². The third kappa shape index (κ3) is 1.87. The Morgan fingerprint density at radius 1 is 1.24 bits per heavy atom. The number of halogens is 1. The maximum atomic E-state index is 12.7. The highest BCUT2D eigenvalue weighted by Gasteiger charge is 2.44. The smallest absolute Gasteiger partial charge is 0.216 e. The summed E-state index contributed by atoms with van der Waals surface area (Å²) >= 11 is 0. The first-order valence-corrected chi connectivity index (χ1v) is 5.35. The molecular weight excluding hydrogens is 221 g/mol. The van der Waals surface area contributed by atoms with Gasteiger partial charge in [-0.05, 0) is 29.8 Å². The molecule has 3 rings (SSSR count). The van der Waals surface area contributed by atoms with Crippen LogP contribution in [-0.4, -0.2) is 11.8 Å². The first-order chi connectivity index (χ1) is 8.25. The Hall–Kier alpha value is -1.94. The molecule has 2 atom stereocenters. The lowest BCUT2D eigenvalue weighted by Gasteiger charge is -1.96. The van der Waals surface area contributed by atoms with Gasteiger partial charge in [0.05, 0.1) is 18.3 Å². The number of carbonyl (C=O) groups is 1. The fraction of sp³-hybridized carbons (Fsp3) is 0.154. The van der Waals surface area contributed by atoms with Crippen molar-refractivity contribution < 1.29 is 13.6 Å². The number of nitrogens with one attached hydrogen (secondary N) is 1. The van der Waals surface area contributed by atoms with Crippen LogP contribution in [0.4, 0.5) is 4.39 Å². The van der Waals surface area contributed by atoms with Gasteiger partial charge in [-0.15, -0.1) is 0 Å². The second kappa shape index (κ2) is 3.82. The molecule has 1 aliphatic heterocycles. The number of ketones is 1. The van der Waals surface area contributed by atoms with Crippen molar-refractivity contribution in [2.45, 2.75) is 12.1 Å². The van der Waals surface area contributed by atoms with E-state index in [-0.39, 0.29) is 23.7 Å². The molecule has 0 spiro atoms. The molecule has 0 aliphatic carbocycles. The number of hydrogen-bond acceptors (Lipinski definition) is 3. The molecule has 2 aromatic rings. The van der Waals surface area contributed by atoms with E-state index >= 15 is 0 Å². The van der Waals surface area contributed by atoms with E-state index in [1.165, 1.54) is 18.4 Å². The summed E-state index contributed by atoms with van der Waals surface area (Å²) < 4.78 is 17.8. The molecule has 0 bridgehead atoms. The van der Waals surface area contributed by atoms with Crippen LogP contribution in [0, 0.1) is 5.82 Å². The first-order valence-electron chi connectivity index (χ1n) is 5.35. The van der Waals surface area contributed by atoms with Crippen molar-refractivity contribution in [3.05, 3.63) is 59.8 Å². The Bertz CT molecular complexity index is 533. The predicted molar refractivity (Wildman–Crippen MR) is 59.1 cm³/mol. The number of furan rings is 1. The Morgan fingerprint density at radius 3 is 2.65 bits per heavy atom. The predicted octanol–water partition coefficient (Wildman–Crippen LogP) is 2.31. The van der Waals surface area contributed by atoms with Crippen molar-refractivity contribution in [3.8, 4) is 0 Å². The summed E-state index contributed by atoms with van der Waals surface area (Å²) in [5, 5.41) is 3.06. The molecule has 2 heterocycles. The Kier molecular flexibility index (Phi) is 2.30. The minimum atomic E-state index is -0.275. The molecule has 86 valence electrons. The summed E-state index contributed by atoms with van der Waals surface area (Å²) in [4.78, 5) is 11.9. The van der Waals surface area contributed by atoms with E-state index in [1.807, 2.05) is 0 Å². The molecule has 1 aromatic carbocycles. The van der Waals surface area contributed by atoms with E-state index in [1.54, 1.807) is 24.3 Å². The van der Waals surface area contributed by atoms with Crippen LogP contribution in [0.5, 0.6) is 0 Å². The average molecular weight is 231 g/mol. The standard InChI is InChI=1S/C13H10FNO2/c14-9-5-3-8(4-6-9)11-12(15-11)13(16)10-2-1-7-17-10/h1-7,11-12,15H. The van der Waals surface area contributed by atoms with Crippen LogP contribution in [0.3, 0.4) is 0 Å². The summed E-state index contributed by atoms with van der Waals surface area (Å²) in [7, 11) is 0. The van der Waals surface area contributed by atoms with E-state index in [0.29, 0.717) is 5.76 Å². The van der Waals surface area contributed by atoms with Crippen LogP contribution in [0.15, 0.2) is 47.1 Å². The first kappa shape index (κ1) is 10.2. The van der Waals surface area contributed by atoms with E-state index < -0.39 is 0 Å². The topological polar surface area (TPSA) is 52.2 Å². The van der Waals surface area contributed by atoms with Gasteiger partial charge in [-0.25, -0.2) is 4.39 Å². The van der Waals surface area contributed by atoms with Crippen molar-refractivity contribution in [2.75, 3.05) is 0 Å². The molecule has 0 amide bonds. The number of hydrogen-bond donors (Lipinski definition) is 1. The summed E-state index contributed by atoms with van der Waals surface area (Å²) in [5.74, 6) is 0.0137. The second-order valence-corrected chi connectivity index (χ2v) is 4.02. The lowest BCUT2D eigenvalue weighted by atomic mass is 10.1. The zero-order valence-corrected chi connectivity index (χ0v) is 8.89. The molecule has 1 N–H and O–H groups in total. The molecule has 1 aliphatic rings. The summed E-state index contributed by atoms with van der Waals surface area (Å²) in [6, 6.07) is 9.19. The fourth-order valence-corrected chi connectivity index (χ4v) is 1.90. The maximum absolute atomic E-state index is 12.7. The molecule has 3 nitrogen and oxygen atoms in total. The minimum Gasteiger partial charge on any atom is -0.461 e. The van der Waals surface area contributed by atoms with Crippen LogP contribution in [0.25, 0.3) is 0 Å². The Morgan fingerprint density at radius 2 is 2.00 bits per heavy atom. The Labute approximate surface area is 97.2 Å². The van der Waals surface area contributed by atoms with Gasteiger partial charge < -0.3 is 4.42 Å². The number of rotatable bonds is 3. The van der Waals surface area contributed by atoms with E-state index in [2.05, 4.69) is 5.32 Å². The molecule has 17 heavy (non-hydrogen) atoms. The van der Waals surface area contributed by atoms with Gasteiger partial charge in [-0.3, -0.25) is 10.1 Å². The molecular formula is C13H10FNO2. The molecule has 1 fully saturated rings. The van der Waals surface area contributed by atoms with E-state index in [0.717, 1.165) is 5.56 Å². The zero-order chi connectivity index (χ0) is 11.8. The lowest BCUT2D eigenvalue weighted by Crippen LogP contribution is -2.09. The van der Waals surface area contributed by atoms with E-state index in [4.69, 9.17) is 4.42 Å². The van der Waals surface area contributed by atoms with Gasteiger partial charge in [0.1, 0.15) is 5.82 Å². The van der Waals surface area contributed by atoms with Crippen molar-refractivity contribution in [1.29, 1.82) is 0 Å². The summed E-state index contributed by atoms with van der Waals surface area (Å²) in [6.45, 7) is 0. The largest absolute Gasteiger partial charge is 0.461 e. The summed E-state index contributed by atoms with van der Waals surface area (Å²) in [6.07, 6.45) is 1.47. The van der Waals surface area contributed by atoms with Gasteiger partial charge in [0.25, 0.3) is 0 Å². The molecule has 2 unspecified atom stereocenters. The van der Waals surface area contributed by atoms with Crippen molar-refractivity contribution in [2.24, 2.45) is 0 Å². The molecule has 0 saturated carbocycles. The van der Waals surface area contributed by atoms with Crippen molar-refractivity contribution >= 4 is 5.78 Å². The maximum Gasteiger partial charge on any atom is 0.216 e. The molecule has 0 radical (unpaired) electrons. The second-order valence-electron chi connectivity index (χ2n) is 4.02. The zero-order valence-electron chi connectivity index (χ0n) is 8.89. The third-order valence-corrected chi connectivity index (χ3v) is 2.86. The molecule has 1 saturated heterocycles. The quantitative estimate of drug-likeness (QED) is 0.651. The number of benzene rings is 1. The number of carbonyl (C=O) groups excluding carboxylic acids is 1.